The van der Waals surface area contributed by atoms with E-state index in [2.05, 4.69) is 9.97 Å². The molecule has 1 aromatic heterocycles. The van der Waals surface area contributed by atoms with Gasteiger partial charge in [-0.05, 0) is 12.1 Å². The highest BCUT2D eigenvalue weighted by atomic mass is 35.5. The van der Waals surface area contributed by atoms with Gasteiger partial charge < -0.3 is 15.2 Å². The van der Waals surface area contributed by atoms with Gasteiger partial charge in [-0.3, -0.25) is 0 Å². The maximum Gasteiger partial charge on any atom is 0.163 e. The third kappa shape index (κ3) is 2.31. The van der Waals surface area contributed by atoms with Crippen LogP contribution in [0.1, 0.15) is 0 Å². The molecule has 2 rings (SSSR count). The molecule has 0 unspecified atom stereocenters. The van der Waals surface area contributed by atoms with Crippen molar-refractivity contribution in [1.82, 2.24) is 9.97 Å². The van der Waals surface area contributed by atoms with E-state index < -0.39 is 0 Å². The van der Waals surface area contributed by atoms with Gasteiger partial charge in [0.25, 0.3) is 0 Å². The van der Waals surface area contributed by atoms with E-state index in [0.717, 1.165) is 0 Å². The molecule has 0 aliphatic carbocycles. The topological polar surface area (TPSA) is 70.3 Å². The Morgan fingerprint density at radius 3 is 2.44 bits per heavy atom. The lowest BCUT2D eigenvalue weighted by molar-refractivity contribution is 0.355. The van der Waals surface area contributed by atoms with Crippen LogP contribution in [0.4, 0.5) is 5.82 Å². The molecule has 0 aliphatic rings. The van der Waals surface area contributed by atoms with Crippen molar-refractivity contribution < 1.29 is 9.47 Å². The van der Waals surface area contributed by atoms with Gasteiger partial charge >= 0.3 is 0 Å². The first-order valence-electron chi connectivity index (χ1n) is 5.16. The van der Waals surface area contributed by atoms with E-state index in [-0.39, 0.29) is 0 Å². The molecule has 6 heteroatoms. The van der Waals surface area contributed by atoms with Gasteiger partial charge in [-0.2, -0.15) is 0 Å². The molecule has 2 N–H and O–H groups in total. The molecule has 0 atom stereocenters. The van der Waals surface area contributed by atoms with Crippen LogP contribution < -0.4 is 15.2 Å². The van der Waals surface area contributed by atoms with Gasteiger partial charge in [0.05, 0.1) is 19.2 Å². The molecule has 0 saturated carbocycles. The Labute approximate surface area is 110 Å². The van der Waals surface area contributed by atoms with E-state index in [0.29, 0.717) is 33.7 Å². The summed E-state index contributed by atoms with van der Waals surface area (Å²) in [4.78, 5) is 8.25. The fourth-order valence-corrected chi connectivity index (χ4v) is 1.77. The zero-order chi connectivity index (χ0) is 13.1. The van der Waals surface area contributed by atoms with Crippen LogP contribution in [-0.2, 0) is 0 Å². The zero-order valence-corrected chi connectivity index (χ0v) is 10.7. The van der Waals surface area contributed by atoms with E-state index in [4.69, 9.17) is 26.8 Å². The predicted molar refractivity (Wildman–Crippen MR) is 70.0 cm³/mol. The summed E-state index contributed by atoms with van der Waals surface area (Å²) in [6, 6.07) is 4.98. The van der Waals surface area contributed by atoms with Crippen LogP contribution >= 0.6 is 11.6 Å². The number of halogens is 1. The van der Waals surface area contributed by atoms with Crippen molar-refractivity contribution in [2.24, 2.45) is 0 Å². The van der Waals surface area contributed by atoms with Crippen LogP contribution in [0.5, 0.6) is 11.5 Å². The van der Waals surface area contributed by atoms with E-state index in [1.807, 2.05) is 0 Å². The number of aromatic nitrogens is 2. The minimum absolute atomic E-state index is 0.380. The fraction of sp³-hybridized carbons (Fsp3) is 0.167. The quantitative estimate of drug-likeness (QED) is 0.923. The van der Waals surface area contributed by atoms with Gasteiger partial charge in [-0.15, -0.1) is 0 Å². The van der Waals surface area contributed by atoms with E-state index in [1.165, 1.54) is 0 Å². The molecule has 0 bridgehead atoms. The molecule has 0 aliphatic heterocycles. The van der Waals surface area contributed by atoms with Gasteiger partial charge in [0.15, 0.2) is 17.3 Å². The number of ether oxygens (including phenoxy) is 2. The number of hydrogen-bond acceptors (Lipinski definition) is 5. The molecule has 1 heterocycles. The Balaban J connectivity index is 2.57. The highest BCUT2D eigenvalue weighted by Crippen LogP contribution is 2.37. The fourth-order valence-electron chi connectivity index (χ4n) is 1.53. The number of nitrogen functional groups attached to an aromatic ring is 1. The molecule has 5 nitrogen and oxygen atoms in total. The van der Waals surface area contributed by atoms with Crippen LogP contribution in [0.15, 0.2) is 24.4 Å². The van der Waals surface area contributed by atoms with E-state index in [9.17, 15) is 0 Å². The highest BCUT2D eigenvalue weighted by Gasteiger charge is 2.13. The van der Waals surface area contributed by atoms with Crippen LogP contribution in [-0.4, -0.2) is 24.2 Å². The van der Waals surface area contributed by atoms with Crippen LogP contribution in [0.25, 0.3) is 11.4 Å². The standard InChI is InChI=1S/C12H12ClN3O2/c1-17-9-5-7(8(13)6-10(9)18-2)12-15-4-3-11(14)16-12/h3-6H,1-2H3,(H2,14,15,16). The molecule has 1 aromatic carbocycles. The normalized spacial score (nSPS) is 10.2. The minimum Gasteiger partial charge on any atom is -0.493 e. The summed E-state index contributed by atoms with van der Waals surface area (Å²) in [5.74, 6) is 1.94. The van der Waals surface area contributed by atoms with Crippen LogP contribution in [0, 0.1) is 0 Å². The third-order valence-corrected chi connectivity index (χ3v) is 2.70. The first-order chi connectivity index (χ1) is 8.65. The highest BCUT2D eigenvalue weighted by molar-refractivity contribution is 6.33. The van der Waals surface area contributed by atoms with Crippen molar-refractivity contribution in [2.45, 2.75) is 0 Å². The third-order valence-electron chi connectivity index (χ3n) is 2.39. The second kappa shape index (κ2) is 5.10. The van der Waals surface area contributed by atoms with Crippen molar-refractivity contribution >= 4 is 17.4 Å². The number of nitrogens with two attached hydrogens (primary N) is 1. The zero-order valence-electron chi connectivity index (χ0n) is 9.98. The number of anilines is 1. The van der Waals surface area contributed by atoms with Crippen molar-refractivity contribution in [1.29, 1.82) is 0 Å². The molecule has 0 radical (unpaired) electrons. The Hall–Kier alpha value is -2.01. The summed E-state index contributed by atoms with van der Waals surface area (Å²) in [6.45, 7) is 0. The van der Waals surface area contributed by atoms with Crippen molar-refractivity contribution in [3.8, 4) is 22.9 Å². The summed E-state index contributed by atoms with van der Waals surface area (Å²) in [7, 11) is 3.10. The smallest absolute Gasteiger partial charge is 0.163 e. The van der Waals surface area contributed by atoms with Crippen molar-refractivity contribution in [3.05, 3.63) is 29.4 Å². The van der Waals surface area contributed by atoms with Crippen LogP contribution in [0.2, 0.25) is 5.02 Å². The Kier molecular flexibility index (Phi) is 3.53. The molecule has 2 aromatic rings. The summed E-state index contributed by atoms with van der Waals surface area (Å²) in [5, 5.41) is 0.471. The summed E-state index contributed by atoms with van der Waals surface area (Å²) >= 11 is 6.17. The number of methoxy groups -OCH3 is 2. The molecular formula is C12H12ClN3O2. The first kappa shape index (κ1) is 12.4. The molecule has 18 heavy (non-hydrogen) atoms. The van der Waals surface area contributed by atoms with Gasteiger partial charge in [-0.1, -0.05) is 11.6 Å². The van der Waals surface area contributed by atoms with Gasteiger partial charge in [0.1, 0.15) is 5.82 Å². The molecule has 0 saturated heterocycles. The molecule has 0 fully saturated rings. The molecular weight excluding hydrogens is 254 g/mol. The molecule has 94 valence electrons. The van der Waals surface area contributed by atoms with E-state index in [1.54, 1.807) is 38.6 Å². The Bertz CT molecular complexity index is 575. The number of rotatable bonds is 3. The molecule has 0 amide bonds. The van der Waals surface area contributed by atoms with Gasteiger partial charge in [-0.25, -0.2) is 9.97 Å². The molecule has 0 spiro atoms. The lowest BCUT2D eigenvalue weighted by Gasteiger charge is -2.11. The average molecular weight is 266 g/mol. The SMILES string of the molecule is COc1cc(Cl)c(-c2nccc(N)n2)cc1OC. The number of nitrogens with zero attached hydrogens (tertiary/aromatic N) is 2. The summed E-state index contributed by atoms with van der Waals surface area (Å²) in [5.41, 5.74) is 6.26. The predicted octanol–water partition coefficient (Wildman–Crippen LogP) is 2.40. The van der Waals surface area contributed by atoms with E-state index >= 15 is 0 Å². The van der Waals surface area contributed by atoms with Gasteiger partial charge in [0, 0.05) is 17.8 Å². The Morgan fingerprint density at radius 1 is 1.17 bits per heavy atom. The maximum absolute atomic E-state index is 6.17. The summed E-state index contributed by atoms with van der Waals surface area (Å²) < 4.78 is 10.4. The average Bonchev–Trinajstić information content (AvgIpc) is 2.38. The first-order valence-corrected chi connectivity index (χ1v) is 5.54. The van der Waals surface area contributed by atoms with Crippen LogP contribution in [0.3, 0.4) is 0 Å². The summed E-state index contributed by atoms with van der Waals surface area (Å²) in [6.07, 6.45) is 1.57. The second-order valence-electron chi connectivity index (χ2n) is 3.49. The second-order valence-corrected chi connectivity index (χ2v) is 3.90. The van der Waals surface area contributed by atoms with Crippen molar-refractivity contribution in [3.63, 3.8) is 0 Å². The maximum atomic E-state index is 6.17. The lowest BCUT2D eigenvalue weighted by atomic mass is 10.2. The van der Waals surface area contributed by atoms with Crippen molar-refractivity contribution in [2.75, 3.05) is 20.0 Å². The Morgan fingerprint density at radius 2 is 1.83 bits per heavy atom. The number of hydrogen-bond donors (Lipinski definition) is 1. The van der Waals surface area contributed by atoms with Gasteiger partial charge in [0.2, 0.25) is 0 Å². The lowest BCUT2D eigenvalue weighted by Crippen LogP contribution is -1.97. The number of benzene rings is 1. The largest absolute Gasteiger partial charge is 0.493 e. The monoisotopic (exact) mass is 265 g/mol. The minimum atomic E-state index is 0.380.